The molecule has 0 atom stereocenters. The Morgan fingerprint density at radius 1 is 1.00 bits per heavy atom. The van der Waals surface area contributed by atoms with Crippen molar-refractivity contribution in [2.45, 2.75) is 6.54 Å². The van der Waals surface area contributed by atoms with Gasteiger partial charge in [0.25, 0.3) is 5.56 Å². The molecule has 0 fully saturated rings. The molecule has 9 heteroatoms. The number of azo groups is 1. The Kier molecular flexibility index (Phi) is 4.98. The highest BCUT2D eigenvalue weighted by molar-refractivity contribution is 6.05. The second-order valence-corrected chi connectivity index (χ2v) is 7.36. The molecule has 0 aliphatic rings. The molecule has 162 valence electrons. The van der Waals surface area contributed by atoms with Gasteiger partial charge in [-0.15, -0.1) is 10.2 Å². The van der Waals surface area contributed by atoms with E-state index in [9.17, 15) is 19.1 Å². The van der Waals surface area contributed by atoms with Crippen molar-refractivity contribution in [1.29, 1.82) is 0 Å². The van der Waals surface area contributed by atoms with Gasteiger partial charge in [-0.2, -0.15) is 5.10 Å². The summed E-state index contributed by atoms with van der Waals surface area (Å²) in [6, 6.07) is 19.7. The summed E-state index contributed by atoms with van der Waals surface area (Å²) in [7, 11) is 0. The molecule has 0 spiro atoms. The molecule has 33 heavy (non-hydrogen) atoms. The van der Waals surface area contributed by atoms with Crippen LogP contribution in [0.5, 0.6) is 5.88 Å². The lowest BCUT2D eigenvalue weighted by atomic mass is 10.1. The molecular weight excluding hydrogens is 425 g/mol. The number of aromatic nitrogens is 3. The summed E-state index contributed by atoms with van der Waals surface area (Å²) >= 11 is 0. The number of carbonyl (C=O) groups is 1. The third-order valence-corrected chi connectivity index (χ3v) is 5.20. The van der Waals surface area contributed by atoms with Crippen LogP contribution in [0.2, 0.25) is 0 Å². The molecule has 1 amide bonds. The van der Waals surface area contributed by atoms with Gasteiger partial charge in [0, 0.05) is 10.8 Å². The molecule has 0 saturated heterocycles. The zero-order valence-corrected chi connectivity index (χ0v) is 17.1. The van der Waals surface area contributed by atoms with Gasteiger partial charge in [0.2, 0.25) is 5.88 Å². The maximum absolute atomic E-state index is 13.6. The number of halogens is 1. The molecule has 0 saturated carbocycles. The van der Waals surface area contributed by atoms with Crippen molar-refractivity contribution in [3.63, 3.8) is 0 Å². The number of hydrogen-bond donors (Lipinski definition) is 2. The zero-order chi connectivity index (χ0) is 22.9. The second kappa shape index (κ2) is 8.12. The number of hydrogen-bond acceptors (Lipinski definition) is 5. The number of nitrogens with zero attached hydrogens (tertiary/aromatic N) is 4. The van der Waals surface area contributed by atoms with Crippen molar-refractivity contribution in [2.75, 3.05) is 0 Å². The molecule has 2 N–H and O–H groups in total. The van der Waals surface area contributed by atoms with E-state index in [0.717, 1.165) is 5.56 Å². The third-order valence-electron chi connectivity index (χ3n) is 5.20. The van der Waals surface area contributed by atoms with Crippen LogP contribution in [-0.4, -0.2) is 25.8 Å². The molecule has 2 heterocycles. The highest BCUT2D eigenvalue weighted by atomic mass is 19.1. The van der Waals surface area contributed by atoms with E-state index in [1.54, 1.807) is 24.3 Å². The average Bonchev–Trinajstić information content (AvgIpc) is 3.14. The second-order valence-electron chi connectivity index (χ2n) is 7.36. The van der Waals surface area contributed by atoms with Crippen LogP contribution in [0.15, 0.2) is 87.8 Å². The Balaban J connectivity index is 1.59. The topological polar surface area (TPSA) is 113 Å². The molecule has 0 unspecified atom stereocenters. The van der Waals surface area contributed by atoms with Gasteiger partial charge in [-0.1, -0.05) is 48.5 Å². The maximum atomic E-state index is 13.6. The van der Waals surface area contributed by atoms with Gasteiger partial charge in [0.15, 0.2) is 11.4 Å². The highest BCUT2D eigenvalue weighted by Crippen LogP contribution is 2.35. The summed E-state index contributed by atoms with van der Waals surface area (Å²) in [6.45, 7) is 0.171. The lowest BCUT2D eigenvalue weighted by molar-refractivity contribution is 0.0990. The monoisotopic (exact) mass is 441 g/mol. The number of H-pyrrole nitrogens is 1. The lowest BCUT2D eigenvalue weighted by Gasteiger charge is -2.09. The summed E-state index contributed by atoms with van der Waals surface area (Å²) in [5.41, 5.74) is 0.811. The van der Waals surface area contributed by atoms with Gasteiger partial charge in [-0.05, 0) is 29.8 Å². The Morgan fingerprint density at radius 2 is 1.73 bits per heavy atom. The molecule has 0 aliphatic heterocycles. The Labute approximate surface area is 185 Å². The van der Waals surface area contributed by atoms with Crippen molar-refractivity contribution >= 4 is 33.3 Å². The molecule has 0 radical (unpaired) electrons. The van der Waals surface area contributed by atoms with Gasteiger partial charge in [0.1, 0.15) is 5.82 Å². The first-order chi connectivity index (χ1) is 16.0. The number of aromatic amines is 1. The summed E-state index contributed by atoms with van der Waals surface area (Å²) in [4.78, 5) is 28.6. The van der Waals surface area contributed by atoms with Crippen LogP contribution in [0, 0.1) is 5.82 Å². The predicted molar refractivity (Wildman–Crippen MR) is 120 cm³/mol. The normalized spacial score (nSPS) is 11.5. The van der Waals surface area contributed by atoms with Crippen LogP contribution in [-0.2, 0) is 6.54 Å². The van der Waals surface area contributed by atoms with Crippen LogP contribution in [0.1, 0.15) is 16.1 Å². The standard InChI is InChI=1S/C24H16FN5O3/c25-15-10-11-19-18(12-15)20(22(31)26-19)27-28-23(32)21-16-8-4-5-9-17(16)24(33)30(29-21)13-14-6-2-1-3-7-14/h1-12,26,31H,13H2. The zero-order valence-electron chi connectivity index (χ0n) is 17.1. The van der Waals surface area contributed by atoms with E-state index in [4.69, 9.17) is 0 Å². The Bertz CT molecular complexity index is 1610. The predicted octanol–water partition coefficient (Wildman–Crippen LogP) is 4.69. The van der Waals surface area contributed by atoms with E-state index >= 15 is 0 Å². The minimum atomic E-state index is -0.807. The quantitative estimate of drug-likeness (QED) is 0.394. The molecule has 0 aliphatic carbocycles. The molecule has 2 aromatic heterocycles. The number of amides is 1. The smallest absolute Gasteiger partial charge is 0.316 e. The summed E-state index contributed by atoms with van der Waals surface area (Å²) in [5.74, 6) is -1.68. The van der Waals surface area contributed by atoms with Crippen molar-refractivity contribution in [3.05, 3.63) is 100 Å². The van der Waals surface area contributed by atoms with Crippen molar-refractivity contribution in [1.82, 2.24) is 14.8 Å². The van der Waals surface area contributed by atoms with Gasteiger partial charge >= 0.3 is 5.91 Å². The number of rotatable bonds is 4. The van der Waals surface area contributed by atoms with Crippen LogP contribution in [0.4, 0.5) is 10.1 Å². The number of nitrogens with one attached hydrogen (secondary N) is 1. The van der Waals surface area contributed by atoms with Gasteiger partial charge < -0.3 is 10.1 Å². The van der Waals surface area contributed by atoms with E-state index in [1.807, 2.05) is 30.3 Å². The minimum absolute atomic E-state index is 0.0598. The van der Waals surface area contributed by atoms with E-state index in [-0.39, 0.29) is 34.8 Å². The maximum Gasteiger partial charge on any atom is 0.316 e. The SMILES string of the molecule is O=C(N=Nc1c(O)[nH]c2ccc(F)cc12)c1nn(Cc2ccccc2)c(=O)c2ccccc12. The van der Waals surface area contributed by atoms with Crippen LogP contribution >= 0.6 is 0 Å². The van der Waals surface area contributed by atoms with Crippen molar-refractivity contribution < 1.29 is 14.3 Å². The van der Waals surface area contributed by atoms with E-state index in [0.29, 0.717) is 16.3 Å². The first kappa shape index (κ1) is 20.3. The van der Waals surface area contributed by atoms with Gasteiger partial charge in [-0.25, -0.2) is 9.07 Å². The van der Waals surface area contributed by atoms with Crippen molar-refractivity contribution in [2.24, 2.45) is 10.2 Å². The Morgan fingerprint density at radius 3 is 2.52 bits per heavy atom. The summed E-state index contributed by atoms with van der Waals surface area (Å²) in [6.07, 6.45) is 0. The molecular formula is C24H16FN5O3. The third kappa shape index (κ3) is 3.76. The molecule has 5 aromatic rings. The van der Waals surface area contributed by atoms with Crippen molar-refractivity contribution in [3.8, 4) is 5.88 Å². The molecule has 5 rings (SSSR count). The molecule has 0 bridgehead atoms. The number of benzene rings is 3. The first-order valence-corrected chi connectivity index (χ1v) is 10.0. The largest absolute Gasteiger partial charge is 0.493 e. The summed E-state index contributed by atoms with van der Waals surface area (Å²) < 4.78 is 14.9. The number of carbonyl (C=O) groups excluding carboxylic acids is 1. The molecule has 3 aromatic carbocycles. The number of fused-ring (bicyclic) bond motifs is 2. The van der Waals surface area contributed by atoms with E-state index in [2.05, 4.69) is 20.3 Å². The van der Waals surface area contributed by atoms with Crippen LogP contribution < -0.4 is 5.56 Å². The fourth-order valence-electron chi connectivity index (χ4n) is 3.64. The minimum Gasteiger partial charge on any atom is -0.493 e. The van der Waals surface area contributed by atoms with Gasteiger partial charge in [0.05, 0.1) is 17.4 Å². The lowest BCUT2D eigenvalue weighted by Crippen LogP contribution is -2.26. The van der Waals surface area contributed by atoms with E-state index in [1.165, 1.54) is 22.9 Å². The molecule has 8 nitrogen and oxygen atoms in total. The fraction of sp³-hybridized carbons (Fsp3) is 0.0417. The fourth-order valence-corrected chi connectivity index (χ4v) is 3.64. The summed E-state index contributed by atoms with van der Waals surface area (Å²) in [5, 5.41) is 22.9. The van der Waals surface area contributed by atoms with E-state index < -0.39 is 11.7 Å². The number of aromatic hydroxyl groups is 1. The van der Waals surface area contributed by atoms with Crippen LogP contribution in [0.3, 0.4) is 0 Å². The first-order valence-electron chi connectivity index (χ1n) is 10.0. The Hall–Kier alpha value is -4.66. The van der Waals surface area contributed by atoms with Crippen LogP contribution in [0.25, 0.3) is 21.7 Å². The average molecular weight is 441 g/mol. The van der Waals surface area contributed by atoms with Gasteiger partial charge in [-0.3, -0.25) is 9.59 Å². The highest BCUT2D eigenvalue weighted by Gasteiger charge is 2.18.